The molecular weight excluding hydrogens is 178 g/mol. The molecule has 0 heterocycles. The van der Waals surface area contributed by atoms with E-state index in [0.29, 0.717) is 0 Å². The molecule has 0 saturated heterocycles. The third kappa shape index (κ3) is 3.47. The van der Waals surface area contributed by atoms with Gasteiger partial charge in [-0.25, -0.2) is 4.40 Å². The van der Waals surface area contributed by atoms with Crippen LogP contribution in [0.15, 0.2) is 46.2 Å². The lowest BCUT2D eigenvalue weighted by atomic mass is 10.1. The summed E-state index contributed by atoms with van der Waals surface area (Å²) in [5, 5.41) is 0. The van der Waals surface area contributed by atoms with Crippen LogP contribution in [-0.2, 0) is 0 Å². The zero-order valence-electron chi connectivity index (χ0n) is 7.95. The summed E-state index contributed by atoms with van der Waals surface area (Å²) >= 11 is 1.43. The predicted octanol–water partition coefficient (Wildman–Crippen LogP) is 3.68. The molecule has 13 heavy (non-hydrogen) atoms. The van der Waals surface area contributed by atoms with Crippen LogP contribution in [0.2, 0.25) is 0 Å². The molecule has 1 nitrogen and oxygen atoms in total. The molecule has 0 N–H and O–H groups in total. The standard InChI is InChI=1S/C11H13NS/c1-9(2)13-12-10(3)11-7-5-4-6-8-11/h4-8H,1H2,2-3H3. The van der Waals surface area contributed by atoms with Gasteiger partial charge in [0.05, 0.1) is 5.71 Å². The number of rotatable bonds is 3. The van der Waals surface area contributed by atoms with Crippen LogP contribution < -0.4 is 0 Å². The van der Waals surface area contributed by atoms with Crippen LogP contribution in [0.1, 0.15) is 19.4 Å². The van der Waals surface area contributed by atoms with Gasteiger partial charge in [0.25, 0.3) is 0 Å². The van der Waals surface area contributed by atoms with Gasteiger partial charge in [0.2, 0.25) is 0 Å². The summed E-state index contributed by atoms with van der Waals surface area (Å²) in [5.41, 5.74) is 2.20. The number of hydrogen-bond acceptors (Lipinski definition) is 2. The van der Waals surface area contributed by atoms with Crippen molar-refractivity contribution in [3.8, 4) is 0 Å². The van der Waals surface area contributed by atoms with Gasteiger partial charge >= 0.3 is 0 Å². The quantitative estimate of drug-likeness (QED) is 0.524. The fourth-order valence-corrected chi connectivity index (χ4v) is 1.28. The molecule has 0 atom stereocenters. The van der Waals surface area contributed by atoms with E-state index in [1.165, 1.54) is 11.9 Å². The van der Waals surface area contributed by atoms with Crippen molar-refractivity contribution >= 4 is 17.7 Å². The number of benzene rings is 1. The molecule has 0 unspecified atom stereocenters. The van der Waals surface area contributed by atoms with E-state index in [1.54, 1.807) is 0 Å². The van der Waals surface area contributed by atoms with Crippen molar-refractivity contribution in [1.82, 2.24) is 0 Å². The molecule has 0 aliphatic heterocycles. The second-order valence-corrected chi connectivity index (χ2v) is 3.90. The molecule has 1 rings (SSSR count). The van der Waals surface area contributed by atoms with E-state index in [-0.39, 0.29) is 0 Å². The molecular formula is C11H13NS. The summed E-state index contributed by atoms with van der Waals surface area (Å²) in [7, 11) is 0. The van der Waals surface area contributed by atoms with Crippen molar-refractivity contribution in [3.63, 3.8) is 0 Å². The van der Waals surface area contributed by atoms with Crippen LogP contribution in [0.25, 0.3) is 0 Å². The lowest BCUT2D eigenvalue weighted by Gasteiger charge is -1.98. The minimum absolute atomic E-state index is 1.01. The van der Waals surface area contributed by atoms with Gasteiger partial charge in [0, 0.05) is 11.9 Å². The van der Waals surface area contributed by atoms with E-state index in [9.17, 15) is 0 Å². The van der Waals surface area contributed by atoms with Crippen LogP contribution in [0.5, 0.6) is 0 Å². The second-order valence-electron chi connectivity index (χ2n) is 2.84. The Morgan fingerprint density at radius 2 is 1.85 bits per heavy atom. The molecule has 0 spiro atoms. The zero-order chi connectivity index (χ0) is 9.68. The smallest absolute Gasteiger partial charge is 0.0532 e. The molecule has 0 saturated carbocycles. The summed E-state index contributed by atoms with van der Waals surface area (Å²) < 4.78 is 4.33. The SMILES string of the molecule is C=C(C)SN=C(C)c1ccccc1. The van der Waals surface area contributed by atoms with Gasteiger partial charge in [0.15, 0.2) is 0 Å². The number of allylic oxidation sites excluding steroid dienone is 1. The first kappa shape index (κ1) is 10.1. The van der Waals surface area contributed by atoms with E-state index in [1.807, 2.05) is 32.0 Å². The van der Waals surface area contributed by atoms with Crippen molar-refractivity contribution in [1.29, 1.82) is 0 Å². The van der Waals surface area contributed by atoms with E-state index in [0.717, 1.165) is 16.2 Å². The molecule has 0 fully saturated rings. The fraction of sp³-hybridized carbons (Fsp3) is 0.182. The monoisotopic (exact) mass is 191 g/mol. The maximum atomic E-state index is 4.33. The predicted molar refractivity (Wildman–Crippen MR) is 61.1 cm³/mol. The van der Waals surface area contributed by atoms with Gasteiger partial charge in [-0.05, 0) is 24.3 Å². The molecule has 0 bridgehead atoms. The highest BCUT2D eigenvalue weighted by Gasteiger charge is 1.94. The molecule has 0 aliphatic rings. The van der Waals surface area contributed by atoms with Gasteiger partial charge in [-0.3, -0.25) is 0 Å². The van der Waals surface area contributed by atoms with Gasteiger partial charge in [-0.15, -0.1) is 0 Å². The van der Waals surface area contributed by atoms with Gasteiger partial charge in [0.1, 0.15) is 0 Å². The molecule has 2 heteroatoms. The summed E-state index contributed by atoms with van der Waals surface area (Å²) in [5.74, 6) is 0. The Kier molecular flexibility index (Phi) is 3.77. The van der Waals surface area contributed by atoms with Crippen molar-refractivity contribution in [2.24, 2.45) is 4.40 Å². The molecule has 1 aromatic carbocycles. The first-order valence-electron chi connectivity index (χ1n) is 4.12. The highest BCUT2D eigenvalue weighted by Crippen LogP contribution is 2.15. The second kappa shape index (κ2) is 4.87. The topological polar surface area (TPSA) is 12.4 Å². The fourth-order valence-electron chi connectivity index (χ4n) is 0.878. The summed E-state index contributed by atoms with van der Waals surface area (Å²) in [4.78, 5) is 1.01. The van der Waals surface area contributed by atoms with Crippen molar-refractivity contribution in [3.05, 3.63) is 47.4 Å². The van der Waals surface area contributed by atoms with E-state index >= 15 is 0 Å². The van der Waals surface area contributed by atoms with Gasteiger partial charge in [-0.2, -0.15) is 0 Å². The summed E-state index contributed by atoms with van der Waals surface area (Å²) in [6, 6.07) is 10.1. The summed E-state index contributed by atoms with van der Waals surface area (Å²) in [6.07, 6.45) is 0. The molecule has 0 aromatic heterocycles. The Balaban J connectivity index is 2.73. The van der Waals surface area contributed by atoms with Crippen LogP contribution >= 0.6 is 11.9 Å². The van der Waals surface area contributed by atoms with Crippen molar-refractivity contribution < 1.29 is 0 Å². The maximum Gasteiger partial charge on any atom is 0.0532 e. The Morgan fingerprint density at radius 1 is 1.23 bits per heavy atom. The molecule has 0 radical (unpaired) electrons. The first-order chi connectivity index (χ1) is 6.20. The number of hydrogen-bond donors (Lipinski definition) is 0. The Morgan fingerprint density at radius 3 is 2.38 bits per heavy atom. The normalized spacial score (nSPS) is 11.4. The summed E-state index contributed by atoms with van der Waals surface area (Å²) in [6.45, 7) is 7.73. The van der Waals surface area contributed by atoms with Gasteiger partial charge in [-0.1, -0.05) is 36.9 Å². The first-order valence-corrected chi connectivity index (χ1v) is 4.90. The minimum Gasteiger partial charge on any atom is -0.216 e. The third-order valence-corrected chi connectivity index (χ3v) is 2.21. The van der Waals surface area contributed by atoms with E-state index in [2.05, 4.69) is 23.1 Å². The highest BCUT2D eigenvalue weighted by atomic mass is 32.2. The van der Waals surface area contributed by atoms with Crippen LogP contribution in [-0.4, -0.2) is 5.71 Å². The van der Waals surface area contributed by atoms with Crippen molar-refractivity contribution in [2.45, 2.75) is 13.8 Å². The Bertz CT molecular complexity index is 314. The molecule has 68 valence electrons. The third-order valence-electron chi connectivity index (χ3n) is 1.53. The van der Waals surface area contributed by atoms with Gasteiger partial charge < -0.3 is 0 Å². The average Bonchev–Trinajstić information content (AvgIpc) is 2.15. The molecule has 0 aliphatic carbocycles. The largest absolute Gasteiger partial charge is 0.216 e. The minimum atomic E-state index is 1.01. The van der Waals surface area contributed by atoms with Crippen molar-refractivity contribution in [2.75, 3.05) is 0 Å². The highest BCUT2D eigenvalue weighted by molar-refractivity contribution is 8.01. The van der Waals surface area contributed by atoms with E-state index < -0.39 is 0 Å². The Labute approximate surface area is 83.7 Å². The van der Waals surface area contributed by atoms with Crippen LogP contribution in [0.4, 0.5) is 0 Å². The molecule has 0 amide bonds. The van der Waals surface area contributed by atoms with E-state index in [4.69, 9.17) is 0 Å². The Hall–Kier alpha value is -1.02. The number of nitrogens with zero attached hydrogens (tertiary/aromatic N) is 1. The zero-order valence-corrected chi connectivity index (χ0v) is 8.77. The van der Waals surface area contributed by atoms with Crippen LogP contribution in [0.3, 0.4) is 0 Å². The van der Waals surface area contributed by atoms with Crippen LogP contribution in [0, 0.1) is 0 Å². The lowest BCUT2D eigenvalue weighted by Crippen LogP contribution is -1.91. The maximum absolute atomic E-state index is 4.33. The average molecular weight is 191 g/mol. The molecule has 1 aromatic rings. The lowest BCUT2D eigenvalue weighted by molar-refractivity contribution is 1.60.